The minimum absolute atomic E-state index is 0.280. The molecular weight excluding hydrogens is 294 g/mol. The van der Waals surface area contributed by atoms with Crippen molar-refractivity contribution in [2.75, 3.05) is 11.9 Å². The van der Waals surface area contributed by atoms with Crippen LogP contribution in [0.15, 0.2) is 4.52 Å². The molecule has 23 heavy (non-hydrogen) atoms. The van der Waals surface area contributed by atoms with Gasteiger partial charge in [-0.1, -0.05) is 5.16 Å². The Balaban J connectivity index is 1.54. The summed E-state index contributed by atoms with van der Waals surface area (Å²) in [6.45, 7) is 6.06. The van der Waals surface area contributed by atoms with Gasteiger partial charge in [-0.2, -0.15) is 0 Å². The van der Waals surface area contributed by atoms with Crippen LogP contribution in [0.25, 0.3) is 0 Å². The molecule has 2 aromatic rings. The van der Waals surface area contributed by atoms with E-state index in [0.29, 0.717) is 30.1 Å². The summed E-state index contributed by atoms with van der Waals surface area (Å²) in [6.07, 6.45) is 3.89. The van der Waals surface area contributed by atoms with Crippen molar-refractivity contribution in [3.05, 3.63) is 34.2 Å². The molecule has 0 saturated heterocycles. The molecule has 3 rings (SSSR count). The summed E-state index contributed by atoms with van der Waals surface area (Å²) in [4.78, 5) is 21.1. The minimum Gasteiger partial charge on any atom is -0.359 e. The zero-order valence-electron chi connectivity index (χ0n) is 13.7. The monoisotopic (exact) mass is 315 g/mol. The van der Waals surface area contributed by atoms with E-state index in [9.17, 15) is 4.79 Å². The number of aryl methyl sites for hydroxylation is 4. The second-order valence-corrected chi connectivity index (χ2v) is 5.83. The van der Waals surface area contributed by atoms with Crippen molar-refractivity contribution >= 4 is 11.7 Å². The predicted molar refractivity (Wildman–Crippen MR) is 85.5 cm³/mol. The van der Waals surface area contributed by atoms with Gasteiger partial charge in [0, 0.05) is 24.4 Å². The van der Waals surface area contributed by atoms with Gasteiger partial charge in [-0.3, -0.25) is 0 Å². The third-order valence-corrected chi connectivity index (χ3v) is 4.09. The molecule has 2 heterocycles. The van der Waals surface area contributed by atoms with Gasteiger partial charge < -0.3 is 15.2 Å². The van der Waals surface area contributed by atoms with Crippen LogP contribution in [0.3, 0.4) is 0 Å². The topological polar surface area (TPSA) is 92.9 Å². The van der Waals surface area contributed by atoms with Crippen molar-refractivity contribution in [3.8, 4) is 0 Å². The number of aromatic nitrogens is 3. The third-order valence-electron chi connectivity index (χ3n) is 4.09. The summed E-state index contributed by atoms with van der Waals surface area (Å²) in [5.41, 5.74) is 4.83. The molecule has 0 saturated carbocycles. The summed E-state index contributed by atoms with van der Waals surface area (Å²) >= 11 is 0. The van der Waals surface area contributed by atoms with Gasteiger partial charge >= 0.3 is 6.03 Å². The van der Waals surface area contributed by atoms with Crippen LogP contribution in [0.5, 0.6) is 0 Å². The fraction of sp³-hybridized carbons (Fsp3) is 0.500. The first-order valence-electron chi connectivity index (χ1n) is 7.87. The lowest BCUT2D eigenvalue weighted by atomic mass is 10.2. The zero-order valence-corrected chi connectivity index (χ0v) is 13.7. The molecule has 2 amide bonds. The summed E-state index contributed by atoms with van der Waals surface area (Å²) in [7, 11) is 0. The average Bonchev–Trinajstić information content (AvgIpc) is 3.09. The van der Waals surface area contributed by atoms with Gasteiger partial charge in [0.1, 0.15) is 17.2 Å². The second-order valence-electron chi connectivity index (χ2n) is 5.83. The normalized spacial score (nSPS) is 13.0. The SMILES string of the molecule is Cc1nc(CCNC(=O)Nc2c(C)noc2C)nc2c1CCC2. The lowest BCUT2D eigenvalue weighted by Crippen LogP contribution is -2.31. The maximum atomic E-state index is 11.9. The van der Waals surface area contributed by atoms with Crippen LogP contribution < -0.4 is 10.6 Å². The number of amides is 2. The average molecular weight is 315 g/mol. The Hall–Kier alpha value is -2.44. The van der Waals surface area contributed by atoms with Gasteiger partial charge in [0.25, 0.3) is 0 Å². The van der Waals surface area contributed by atoms with Gasteiger partial charge in [0.2, 0.25) is 0 Å². The highest BCUT2D eigenvalue weighted by Crippen LogP contribution is 2.22. The van der Waals surface area contributed by atoms with Crippen molar-refractivity contribution in [2.24, 2.45) is 0 Å². The molecule has 0 atom stereocenters. The van der Waals surface area contributed by atoms with Crippen molar-refractivity contribution < 1.29 is 9.32 Å². The minimum atomic E-state index is -0.280. The van der Waals surface area contributed by atoms with Crippen molar-refractivity contribution in [1.82, 2.24) is 20.4 Å². The Morgan fingerprint density at radius 3 is 2.74 bits per heavy atom. The number of urea groups is 1. The van der Waals surface area contributed by atoms with Gasteiger partial charge in [-0.05, 0) is 45.6 Å². The van der Waals surface area contributed by atoms with Gasteiger partial charge in [-0.15, -0.1) is 0 Å². The van der Waals surface area contributed by atoms with Crippen molar-refractivity contribution in [1.29, 1.82) is 0 Å². The van der Waals surface area contributed by atoms with Crippen LogP contribution in [0, 0.1) is 20.8 Å². The van der Waals surface area contributed by atoms with Crippen LogP contribution in [-0.2, 0) is 19.3 Å². The Morgan fingerprint density at radius 1 is 1.17 bits per heavy atom. The summed E-state index contributed by atoms with van der Waals surface area (Å²) in [5, 5.41) is 9.36. The number of nitrogens with zero attached hydrogens (tertiary/aromatic N) is 3. The molecule has 0 aliphatic heterocycles. The number of rotatable bonds is 4. The van der Waals surface area contributed by atoms with Crippen LogP contribution in [-0.4, -0.2) is 27.7 Å². The number of hydrogen-bond donors (Lipinski definition) is 2. The molecule has 7 heteroatoms. The number of anilines is 1. The Bertz CT molecular complexity index is 719. The maximum absolute atomic E-state index is 11.9. The quantitative estimate of drug-likeness (QED) is 0.902. The first-order chi connectivity index (χ1) is 11.0. The van der Waals surface area contributed by atoms with Gasteiger partial charge in [0.15, 0.2) is 5.76 Å². The van der Waals surface area contributed by atoms with E-state index in [0.717, 1.165) is 30.8 Å². The largest absolute Gasteiger partial charge is 0.359 e. The highest BCUT2D eigenvalue weighted by atomic mass is 16.5. The van der Waals surface area contributed by atoms with E-state index in [1.807, 2.05) is 6.92 Å². The lowest BCUT2D eigenvalue weighted by Gasteiger charge is -2.09. The van der Waals surface area contributed by atoms with Crippen molar-refractivity contribution in [2.45, 2.75) is 46.5 Å². The van der Waals surface area contributed by atoms with E-state index in [2.05, 4.69) is 25.8 Å². The first-order valence-corrected chi connectivity index (χ1v) is 7.87. The number of fused-ring (bicyclic) bond motifs is 1. The fourth-order valence-electron chi connectivity index (χ4n) is 2.90. The smallest absolute Gasteiger partial charge is 0.319 e. The molecule has 1 aliphatic rings. The zero-order chi connectivity index (χ0) is 16.4. The predicted octanol–water partition coefficient (Wildman–Crippen LogP) is 2.24. The van der Waals surface area contributed by atoms with E-state index >= 15 is 0 Å². The number of nitrogens with one attached hydrogen (secondary N) is 2. The number of carbonyl (C=O) groups is 1. The second kappa shape index (κ2) is 6.36. The van der Waals surface area contributed by atoms with Crippen LogP contribution in [0.1, 0.15) is 40.7 Å². The van der Waals surface area contributed by atoms with E-state index in [1.54, 1.807) is 13.8 Å². The molecule has 0 aromatic carbocycles. The Kier molecular flexibility index (Phi) is 4.27. The van der Waals surface area contributed by atoms with E-state index in [4.69, 9.17) is 4.52 Å². The molecule has 2 aromatic heterocycles. The number of hydrogen-bond acceptors (Lipinski definition) is 5. The first kappa shape index (κ1) is 15.5. The molecule has 0 spiro atoms. The lowest BCUT2D eigenvalue weighted by molar-refractivity contribution is 0.252. The third kappa shape index (κ3) is 3.33. The van der Waals surface area contributed by atoms with E-state index in [1.165, 1.54) is 11.3 Å². The highest BCUT2D eigenvalue weighted by molar-refractivity contribution is 5.90. The molecule has 0 radical (unpaired) electrons. The summed E-state index contributed by atoms with van der Waals surface area (Å²) in [6, 6.07) is -0.280. The van der Waals surface area contributed by atoms with Gasteiger partial charge in [-0.25, -0.2) is 14.8 Å². The molecular formula is C16H21N5O2. The fourth-order valence-corrected chi connectivity index (χ4v) is 2.90. The Morgan fingerprint density at radius 2 is 2.00 bits per heavy atom. The van der Waals surface area contributed by atoms with Crippen LogP contribution in [0.4, 0.5) is 10.5 Å². The maximum Gasteiger partial charge on any atom is 0.319 e. The van der Waals surface area contributed by atoms with Crippen molar-refractivity contribution in [3.63, 3.8) is 0 Å². The standard InChI is InChI=1S/C16H21N5O2/c1-9-12-5-4-6-13(12)19-14(18-9)7-8-17-16(22)20-15-10(2)21-23-11(15)3/h4-8H2,1-3H3,(H2,17,20,22). The molecule has 7 nitrogen and oxygen atoms in total. The molecule has 0 bridgehead atoms. The van der Waals surface area contributed by atoms with E-state index < -0.39 is 0 Å². The summed E-state index contributed by atoms with van der Waals surface area (Å²) < 4.78 is 5.01. The van der Waals surface area contributed by atoms with E-state index in [-0.39, 0.29) is 6.03 Å². The molecule has 0 fully saturated rings. The van der Waals surface area contributed by atoms with Crippen LogP contribution >= 0.6 is 0 Å². The molecule has 1 aliphatic carbocycles. The molecule has 122 valence electrons. The molecule has 0 unspecified atom stereocenters. The Labute approximate surface area is 134 Å². The van der Waals surface area contributed by atoms with Crippen LogP contribution in [0.2, 0.25) is 0 Å². The summed E-state index contributed by atoms with van der Waals surface area (Å²) in [5.74, 6) is 1.39. The number of carbonyl (C=O) groups excluding carboxylic acids is 1. The van der Waals surface area contributed by atoms with Gasteiger partial charge in [0.05, 0.1) is 0 Å². The highest BCUT2D eigenvalue weighted by Gasteiger charge is 2.17. The molecule has 2 N–H and O–H groups in total.